The van der Waals surface area contributed by atoms with E-state index in [1.165, 1.54) is 13.2 Å². The number of halogens is 1. The Balaban J connectivity index is 2.89. The van der Waals surface area contributed by atoms with Gasteiger partial charge in [-0.05, 0) is 6.07 Å². The number of rotatable bonds is 7. The van der Waals surface area contributed by atoms with E-state index >= 15 is 0 Å². The lowest BCUT2D eigenvalue weighted by Gasteiger charge is -2.09. The fourth-order valence-electron chi connectivity index (χ4n) is 1.48. The maximum Gasteiger partial charge on any atom is 0.325 e. The first-order valence-corrected chi connectivity index (χ1v) is 6.35. The number of ether oxygens (including phenoxy) is 2. The van der Waals surface area contributed by atoms with Crippen LogP contribution in [0, 0.1) is 10.1 Å². The topological polar surface area (TPSA) is 108 Å². The van der Waals surface area contributed by atoms with Gasteiger partial charge in [-0.3, -0.25) is 19.7 Å². The van der Waals surface area contributed by atoms with Crippen molar-refractivity contribution in [2.24, 2.45) is 0 Å². The molecule has 0 saturated heterocycles. The molecule has 118 valence electrons. The van der Waals surface area contributed by atoms with Crippen molar-refractivity contribution in [1.29, 1.82) is 0 Å². The number of benzene rings is 1. The first-order chi connectivity index (χ1) is 10.4. The molecule has 1 rings (SSSR count). The van der Waals surface area contributed by atoms with Crippen LogP contribution in [0.15, 0.2) is 24.8 Å². The van der Waals surface area contributed by atoms with Crippen LogP contribution in [-0.4, -0.2) is 37.1 Å². The van der Waals surface area contributed by atoms with Crippen molar-refractivity contribution >= 4 is 29.2 Å². The fourth-order valence-corrected chi connectivity index (χ4v) is 1.71. The van der Waals surface area contributed by atoms with Crippen molar-refractivity contribution in [2.45, 2.75) is 0 Å². The van der Waals surface area contributed by atoms with Gasteiger partial charge >= 0.3 is 5.97 Å². The minimum Gasteiger partial charge on any atom is -0.496 e. The summed E-state index contributed by atoms with van der Waals surface area (Å²) in [5.41, 5.74) is -0.421. The fraction of sp³-hybridized carbons (Fsp3) is 0.231. The number of methoxy groups -OCH3 is 1. The summed E-state index contributed by atoms with van der Waals surface area (Å²) in [6, 6.07) is 2.14. The number of nitro groups is 1. The highest BCUT2D eigenvalue weighted by Gasteiger charge is 2.21. The van der Waals surface area contributed by atoms with E-state index in [0.717, 1.165) is 12.1 Å². The van der Waals surface area contributed by atoms with Gasteiger partial charge in [0.2, 0.25) is 0 Å². The molecule has 0 aliphatic heterocycles. The van der Waals surface area contributed by atoms with E-state index in [9.17, 15) is 19.7 Å². The second-order valence-electron chi connectivity index (χ2n) is 3.92. The summed E-state index contributed by atoms with van der Waals surface area (Å²) in [7, 11) is 1.25. The third-order valence-electron chi connectivity index (χ3n) is 2.47. The zero-order valence-electron chi connectivity index (χ0n) is 11.6. The number of carbonyl (C=O) groups excluding carboxylic acids is 2. The van der Waals surface area contributed by atoms with E-state index < -0.39 is 16.8 Å². The van der Waals surface area contributed by atoms with E-state index in [-0.39, 0.29) is 35.2 Å². The van der Waals surface area contributed by atoms with Crippen LogP contribution in [0.5, 0.6) is 5.75 Å². The van der Waals surface area contributed by atoms with Gasteiger partial charge in [0.25, 0.3) is 11.6 Å². The number of hydrogen-bond acceptors (Lipinski definition) is 6. The van der Waals surface area contributed by atoms with Gasteiger partial charge in [-0.25, -0.2) is 0 Å². The lowest BCUT2D eigenvalue weighted by atomic mass is 10.1. The van der Waals surface area contributed by atoms with Crippen molar-refractivity contribution in [3.63, 3.8) is 0 Å². The molecule has 0 radical (unpaired) electrons. The van der Waals surface area contributed by atoms with Crippen molar-refractivity contribution in [2.75, 3.05) is 20.3 Å². The van der Waals surface area contributed by atoms with Gasteiger partial charge in [0.15, 0.2) is 0 Å². The largest absolute Gasteiger partial charge is 0.496 e. The van der Waals surface area contributed by atoms with E-state index in [1.54, 1.807) is 0 Å². The third-order valence-corrected chi connectivity index (χ3v) is 2.77. The van der Waals surface area contributed by atoms with Gasteiger partial charge in [0, 0.05) is 0 Å². The Morgan fingerprint density at radius 2 is 2.18 bits per heavy atom. The SMILES string of the molecule is C=CCOC(=O)CNC(=O)c1cc(Cl)c([N+](=O)[O-])cc1OC. The summed E-state index contributed by atoms with van der Waals surface area (Å²) >= 11 is 5.75. The molecule has 1 N–H and O–H groups in total. The highest BCUT2D eigenvalue weighted by Crippen LogP contribution is 2.32. The zero-order valence-corrected chi connectivity index (χ0v) is 12.4. The Morgan fingerprint density at radius 3 is 2.73 bits per heavy atom. The molecule has 8 nitrogen and oxygen atoms in total. The van der Waals surface area contributed by atoms with E-state index in [2.05, 4.69) is 16.6 Å². The number of esters is 1. The molecule has 0 unspecified atom stereocenters. The van der Waals surface area contributed by atoms with Crippen molar-refractivity contribution in [3.8, 4) is 5.75 Å². The van der Waals surface area contributed by atoms with Crippen molar-refractivity contribution < 1.29 is 24.0 Å². The average molecular weight is 329 g/mol. The van der Waals surface area contributed by atoms with Crippen LogP contribution < -0.4 is 10.1 Å². The van der Waals surface area contributed by atoms with Gasteiger partial charge in [-0.15, -0.1) is 0 Å². The maximum atomic E-state index is 12.0. The van der Waals surface area contributed by atoms with Crippen LogP contribution in [0.1, 0.15) is 10.4 Å². The Morgan fingerprint density at radius 1 is 1.50 bits per heavy atom. The second kappa shape index (κ2) is 7.99. The Hall–Kier alpha value is -2.61. The van der Waals surface area contributed by atoms with Crippen LogP contribution >= 0.6 is 11.6 Å². The highest BCUT2D eigenvalue weighted by atomic mass is 35.5. The number of carbonyl (C=O) groups is 2. The molecular weight excluding hydrogens is 316 g/mol. The zero-order chi connectivity index (χ0) is 16.7. The molecule has 0 spiro atoms. The summed E-state index contributed by atoms with van der Waals surface area (Å²) < 4.78 is 9.62. The second-order valence-corrected chi connectivity index (χ2v) is 4.32. The molecule has 0 aromatic heterocycles. The molecule has 0 atom stereocenters. The normalized spacial score (nSPS) is 9.73. The number of nitrogens with one attached hydrogen (secondary N) is 1. The average Bonchev–Trinajstić information content (AvgIpc) is 2.49. The Labute approximate surface area is 130 Å². The van der Waals surface area contributed by atoms with Gasteiger partial charge in [-0.2, -0.15) is 0 Å². The molecule has 0 saturated carbocycles. The minimum absolute atomic E-state index is 0.0292. The van der Waals surface area contributed by atoms with Gasteiger partial charge in [0.1, 0.15) is 23.9 Å². The molecule has 0 aliphatic rings. The van der Waals surface area contributed by atoms with Crippen LogP contribution in [0.2, 0.25) is 5.02 Å². The molecule has 9 heteroatoms. The van der Waals surface area contributed by atoms with Crippen LogP contribution in [-0.2, 0) is 9.53 Å². The first kappa shape index (κ1) is 17.4. The summed E-state index contributed by atoms with van der Waals surface area (Å²) in [6.45, 7) is 3.04. The molecule has 22 heavy (non-hydrogen) atoms. The molecule has 0 bridgehead atoms. The molecular formula is C13H13ClN2O6. The molecule has 1 aromatic carbocycles. The number of amides is 1. The number of nitrogens with zero attached hydrogens (tertiary/aromatic N) is 1. The van der Waals surface area contributed by atoms with Gasteiger partial charge in [0.05, 0.1) is 23.7 Å². The predicted octanol–water partition coefficient (Wildman–Crippen LogP) is 1.72. The first-order valence-electron chi connectivity index (χ1n) is 5.97. The van der Waals surface area contributed by atoms with Gasteiger partial charge < -0.3 is 14.8 Å². The molecule has 0 fully saturated rings. The van der Waals surface area contributed by atoms with Crippen LogP contribution in [0.4, 0.5) is 5.69 Å². The van der Waals surface area contributed by atoms with Crippen LogP contribution in [0.25, 0.3) is 0 Å². The van der Waals surface area contributed by atoms with E-state index in [1.807, 2.05) is 0 Å². The number of hydrogen-bond donors (Lipinski definition) is 1. The molecule has 1 amide bonds. The van der Waals surface area contributed by atoms with Crippen molar-refractivity contribution in [3.05, 3.63) is 45.5 Å². The standard InChI is InChI=1S/C13H13ClN2O6/c1-3-4-22-12(17)7-15-13(18)8-5-9(14)10(16(19)20)6-11(8)21-2/h3,5-6H,1,4,7H2,2H3,(H,15,18). The monoisotopic (exact) mass is 328 g/mol. The predicted molar refractivity (Wildman–Crippen MR) is 78.1 cm³/mol. The lowest BCUT2D eigenvalue weighted by Crippen LogP contribution is -2.31. The summed E-state index contributed by atoms with van der Waals surface area (Å²) in [6.07, 6.45) is 1.39. The summed E-state index contributed by atoms with van der Waals surface area (Å²) in [5.74, 6) is -1.36. The van der Waals surface area contributed by atoms with Crippen molar-refractivity contribution in [1.82, 2.24) is 5.32 Å². The molecule has 0 heterocycles. The van der Waals surface area contributed by atoms with Gasteiger partial charge in [-0.1, -0.05) is 24.3 Å². The summed E-state index contributed by atoms with van der Waals surface area (Å²) in [5, 5.41) is 12.9. The highest BCUT2D eigenvalue weighted by molar-refractivity contribution is 6.33. The third kappa shape index (κ3) is 4.45. The van der Waals surface area contributed by atoms with Crippen LogP contribution in [0.3, 0.4) is 0 Å². The molecule has 0 aliphatic carbocycles. The maximum absolute atomic E-state index is 12.0. The lowest BCUT2D eigenvalue weighted by molar-refractivity contribution is -0.384. The Kier molecular flexibility index (Phi) is 6.33. The minimum atomic E-state index is -0.695. The number of nitro benzene ring substituents is 1. The summed E-state index contributed by atoms with van der Waals surface area (Å²) in [4.78, 5) is 33.3. The van der Waals surface area contributed by atoms with E-state index in [0.29, 0.717) is 0 Å². The molecule has 1 aromatic rings. The van der Waals surface area contributed by atoms with E-state index in [4.69, 9.17) is 16.3 Å². The quantitative estimate of drug-likeness (QED) is 0.353. The smallest absolute Gasteiger partial charge is 0.325 e. The Bertz CT molecular complexity index is 617.